The number of para-hydroxylation sites is 2. The zero-order chi connectivity index (χ0) is 34.4. The molecule has 0 saturated heterocycles. The first-order chi connectivity index (χ1) is 25.8. The van der Waals surface area contributed by atoms with Crippen LogP contribution in [-0.4, -0.2) is 9.97 Å². The minimum Gasteiger partial charge on any atom is -0.456 e. The Morgan fingerprint density at radius 3 is 1.58 bits per heavy atom. The molecule has 0 aliphatic heterocycles. The lowest BCUT2D eigenvalue weighted by atomic mass is 9.98. The van der Waals surface area contributed by atoms with Crippen LogP contribution >= 0.6 is 0 Å². The van der Waals surface area contributed by atoms with E-state index in [1.54, 1.807) is 0 Å². The summed E-state index contributed by atoms with van der Waals surface area (Å²) in [6.07, 6.45) is 0. The second-order valence-corrected chi connectivity index (χ2v) is 13.0. The van der Waals surface area contributed by atoms with Gasteiger partial charge in [0.25, 0.3) is 0 Å². The quantitative estimate of drug-likeness (QED) is 0.166. The SMILES string of the molecule is c1ccc(-c2nc3ccc4ccc(-c5ccc6oc7cc(N(c8ccccc8)c8ccccc8)ccc7c6c5)cc4c3nc2-c2ccccc2)cc1. The Labute approximate surface area is 300 Å². The average Bonchev–Trinajstić information content (AvgIpc) is 3.59. The lowest BCUT2D eigenvalue weighted by Crippen LogP contribution is -2.09. The zero-order valence-corrected chi connectivity index (χ0v) is 28.1. The first kappa shape index (κ1) is 29.8. The fourth-order valence-electron chi connectivity index (χ4n) is 7.30. The van der Waals surface area contributed by atoms with Crippen molar-refractivity contribution >= 4 is 60.8 Å². The van der Waals surface area contributed by atoms with Crippen molar-refractivity contribution in [1.29, 1.82) is 0 Å². The Hall–Kier alpha value is -7.04. The molecule has 0 unspecified atom stereocenters. The van der Waals surface area contributed by atoms with Crippen LogP contribution in [0.3, 0.4) is 0 Å². The van der Waals surface area contributed by atoms with Gasteiger partial charge in [0.1, 0.15) is 11.2 Å². The van der Waals surface area contributed by atoms with E-state index in [9.17, 15) is 0 Å². The van der Waals surface area contributed by atoms with Gasteiger partial charge in [-0.25, -0.2) is 9.97 Å². The lowest BCUT2D eigenvalue weighted by molar-refractivity contribution is 0.669. The van der Waals surface area contributed by atoms with Crippen LogP contribution < -0.4 is 4.90 Å². The molecule has 0 aliphatic rings. The maximum atomic E-state index is 6.49. The van der Waals surface area contributed by atoms with Gasteiger partial charge in [-0.05, 0) is 77.2 Å². The van der Waals surface area contributed by atoms with Gasteiger partial charge < -0.3 is 9.32 Å². The van der Waals surface area contributed by atoms with Crippen molar-refractivity contribution in [2.75, 3.05) is 4.90 Å². The molecule has 8 aromatic carbocycles. The maximum Gasteiger partial charge on any atom is 0.137 e. The molecule has 244 valence electrons. The summed E-state index contributed by atoms with van der Waals surface area (Å²) in [5.41, 5.74) is 12.8. The van der Waals surface area contributed by atoms with Crippen molar-refractivity contribution in [3.05, 3.63) is 188 Å². The van der Waals surface area contributed by atoms with Crippen LogP contribution in [0.25, 0.3) is 77.4 Å². The van der Waals surface area contributed by atoms with E-state index in [1.807, 2.05) is 36.4 Å². The topological polar surface area (TPSA) is 42.2 Å². The molecule has 10 rings (SSSR count). The highest BCUT2D eigenvalue weighted by Crippen LogP contribution is 2.40. The molecule has 0 fully saturated rings. The summed E-state index contributed by atoms with van der Waals surface area (Å²) >= 11 is 0. The van der Waals surface area contributed by atoms with E-state index < -0.39 is 0 Å². The number of rotatable bonds is 6. The number of hydrogen-bond acceptors (Lipinski definition) is 4. The van der Waals surface area contributed by atoms with Gasteiger partial charge in [0.05, 0.1) is 22.4 Å². The Kier molecular flexibility index (Phi) is 7.10. The van der Waals surface area contributed by atoms with Crippen LogP contribution in [0.4, 0.5) is 17.1 Å². The molecular weight excluding hydrogens is 635 g/mol. The fourth-order valence-corrected chi connectivity index (χ4v) is 7.30. The maximum absolute atomic E-state index is 6.49. The zero-order valence-electron chi connectivity index (χ0n) is 28.1. The van der Waals surface area contributed by atoms with E-state index in [0.717, 1.165) is 94.4 Å². The largest absolute Gasteiger partial charge is 0.456 e. The normalized spacial score (nSPS) is 11.5. The molecule has 0 aliphatic carbocycles. The van der Waals surface area contributed by atoms with Crippen LogP contribution in [0.15, 0.2) is 192 Å². The molecule has 0 radical (unpaired) electrons. The van der Waals surface area contributed by atoms with Gasteiger partial charge in [0, 0.05) is 50.4 Å². The molecule has 4 heteroatoms. The second-order valence-electron chi connectivity index (χ2n) is 13.0. The number of aromatic nitrogens is 2. The predicted octanol–water partition coefficient (Wildman–Crippen LogP) is 13.2. The monoisotopic (exact) mass is 665 g/mol. The minimum absolute atomic E-state index is 0.851. The lowest BCUT2D eigenvalue weighted by Gasteiger charge is -2.25. The Morgan fingerprint density at radius 2 is 0.923 bits per heavy atom. The minimum atomic E-state index is 0.851. The summed E-state index contributed by atoms with van der Waals surface area (Å²) in [5, 5.41) is 4.37. The van der Waals surface area contributed by atoms with Gasteiger partial charge in [-0.15, -0.1) is 0 Å². The van der Waals surface area contributed by atoms with Crippen LogP contribution in [-0.2, 0) is 0 Å². The smallest absolute Gasteiger partial charge is 0.137 e. The number of furan rings is 1. The van der Waals surface area contributed by atoms with E-state index in [2.05, 4.69) is 157 Å². The molecule has 0 amide bonds. The number of nitrogens with zero attached hydrogens (tertiary/aromatic N) is 3. The second kappa shape index (κ2) is 12.4. The van der Waals surface area contributed by atoms with Gasteiger partial charge in [-0.2, -0.15) is 0 Å². The Bertz CT molecular complexity index is 2850. The van der Waals surface area contributed by atoms with Crippen LogP contribution in [0.5, 0.6) is 0 Å². The van der Waals surface area contributed by atoms with Crippen LogP contribution in [0.2, 0.25) is 0 Å². The summed E-state index contributed by atoms with van der Waals surface area (Å²) in [5.74, 6) is 0. The number of benzene rings is 8. The molecule has 10 aromatic rings. The summed E-state index contributed by atoms with van der Waals surface area (Å²) in [7, 11) is 0. The van der Waals surface area contributed by atoms with Crippen LogP contribution in [0, 0.1) is 0 Å². The molecule has 0 spiro atoms. The molecule has 52 heavy (non-hydrogen) atoms. The molecule has 0 saturated carbocycles. The van der Waals surface area contributed by atoms with Gasteiger partial charge in [0.2, 0.25) is 0 Å². The molecule has 0 atom stereocenters. The van der Waals surface area contributed by atoms with Crippen LogP contribution in [0.1, 0.15) is 0 Å². The molecule has 0 bridgehead atoms. The molecule has 4 nitrogen and oxygen atoms in total. The van der Waals surface area contributed by atoms with E-state index >= 15 is 0 Å². The third kappa shape index (κ3) is 5.17. The van der Waals surface area contributed by atoms with E-state index in [4.69, 9.17) is 14.4 Å². The van der Waals surface area contributed by atoms with E-state index in [-0.39, 0.29) is 0 Å². The first-order valence-electron chi connectivity index (χ1n) is 17.5. The molecule has 2 heterocycles. The molecular formula is C48H31N3O. The van der Waals surface area contributed by atoms with Gasteiger partial charge >= 0.3 is 0 Å². The highest BCUT2D eigenvalue weighted by Gasteiger charge is 2.17. The summed E-state index contributed by atoms with van der Waals surface area (Å²) in [6, 6.07) is 65.4. The standard InChI is InChI=1S/C48H31N3O/c1-5-13-33(14-6-1)46-47(34-15-7-2-8-16-34)50-48-41-29-35(22-21-32(41)23-27-43(48)49-46)36-24-28-44-42(30-36)40-26-25-39(31-45(40)52-44)51(37-17-9-3-10-18-37)38-19-11-4-12-20-38/h1-31H. The molecule has 0 N–H and O–H groups in total. The third-order valence-electron chi connectivity index (χ3n) is 9.82. The van der Waals surface area contributed by atoms with Crippen molar-refractivity contribution in [2.45, 2.75) is 0 Å². The summed E-state index contributed by atoms with van der Waals surface area (Å²) in [6.45, 7) is 0. The Morgan fingerprint density at radius 1 is 0.365 bits per heavy atom. The van der Waals surface area contributed by atoms with Gasteiger partial charge in [-0.1, -0.05) is 121 Å². The first-order valence-corrected chi connectivity index (χ1v) is 17.5. The van der Waals surface area contributed by atoms with Gasteiger partial charge in [-0.3, -0.25) is 0 Å². The van der Waals surface area contributed by atoms with E-state index in [1.165, 1.54) is 0 Å². The fraction of sp³-hybridized carbons (Fsp3) is 0. The summed E-state index contributed by atoms with van der Waals surface area (Å²) in [4.78, 5) is 12.8. The highest BCUT2D eigenvalue weighted by molar-refractivity contribution is 6.09. The average molecular weight is 666 g/mol. The predicted molar refractivity (Wildman–Crippen MR) is 215 cm³/mol. The van der Waals surface area contributed by atoms with Crippen molar-refractivity contribution in [3.63, 3.8) is 0 Å². The van der Waals surface area contributed by atoms with Gasteiger partial charge in [0.15, 0.2) is 0 Å². The van der Waals surface area contributed by atoms with Crippen molar-refractivity contribution in [2.24, 2.45) is 0 Å². The highest BCUT2D eigenvalue weighted by atomic mass is 16.3. The number of hydrogen-bond donors (Lipinski definition) is 0. The van der Waals surface area contributed by atoms with Crippen molar-refractivity contribution in [1.82, 2.24) is 9.97 Å². The van der Waals surface area contributed by atoms with Crippen molar-refractivity contribution < 1.29 is 4.42 Å². The third-order valence-corrected chi connectivity index (χ3v) is 9.82. The number of fused-ring (bicyclic) bond motifs is 6. The van der Waals surface area contributed by atoms with Crippen molar-refractivity contribution in [3.8, 4) is 33.6 Å². The Balaban J connectivity index is 1.09. The van der Waals surface area contributed by atoms with E-state index in [0.29, 0.717) is 0 Å². The number of anilines is 3. The molecule has 2 aromatic heterocycles. The summed E-state index contributed by atoms with van der Waals surface area (Å²) < 4.78 is 6.49.